The molecule has 1 aromatic carbocycles. The molecule has 0 bridgehead atoms. The molecule has 3 atom stereocenters. The second kappa shape index (κ2) is 20.0. The number of carbonyl (C=O) groups is 2. The maximum absolute atomic E-state index is 12.6. The van der Waals surface area contributed by atoms with Crippen LogP contribution in [0.4, 0.5) is 5.13 Å². The third-order valence-electron chi connectivity index (χ3n) is 6.41. The molecule has 3 unspecified atom stereocenters. The van der Waals surface area contributed by atoms with Gasteiger partial charge in [-0.25, -0.2) is 4.98 Å². The van der Waals surface area contributed by atoms with Gasteiger partial charge in [0.05, 0.1) is 24.0 Å². The predicted octanol–water partition coefficient (Wildman–Crippen LogP) is 6.84. The van der Waals surface area contributed by atoms with Crippen LogP contribution in [-0.4, -0.2) is 52.3 Å². The van der Waals surface area contributed by atoms with Gasteiger partial charge in [-0.2, -0.15) is 0 Å². The Morgan fingerprint density at radius 2 is 1.88 bits per heavy atom. The first kappa shape index (κ1) is 36.0. The Morgan fingerprint density at radius 3 is 2.46 bits per heavy atom. The number of hydrogen-bond donors (Lipinski definition) is 3. The van der Waals surface area contributed by atoms with Crippen LogP contribution in [0, 0.1) is 12.8 Å². The molecule has 0 radical (unpaired) electrons. The maximum Gasteiger partial charge on any atom is 0.253 e. The number of nitrogens with one attached hydrogen (secondary N) is 2. The second-order valence-corrected chi connectivity index (χ2v) is 10.8. The molecule has 41 heavy (non-hydrogen) atoms. The zero-order chi connectivity index (χ0) is 30.8. The van der Waals surface area contributed by atoms with Crippen LogP contribution in [-0.2, 0) is 16.6 Å². The van der Waals surface area contributed by atoms with Crippen molar-refractivity contribution in [1.29, 1.82) is 0 Å². The molecular formula is C32H50N4O4S. The molecule has 2 aromatic heterocycles. The van der Waals surface area contributed by atoms with E-state index >= 15 is 0 Å². The molecule has 3 N–H and O–H groups in total. The van der Waals surface area contributed by atoms with Crippen LogP contribution in [0.2, 0.25) is 0 Å². The van der Waals surface area contributed by atoms with Crippen LogP contribution in [0.5, 0.6) is 0 Å². The van der Waals surface area contributed by atoms with E-state index in [9.17, 15) is 14.7 Å². The minimum atomic E-state index is -0.830. The Hall–Kier alpha value is -3.01. The van der Waals surface area contributed by atoms with Crippen LogP contribution in [0.1, 0.15) is 82.6 Å². The van der Waals surface area contributed by atoms with E-state index in [4.69, 9.17) is 4.74 Å². The van der Waals surface area contributed by atoms with Crippen molar-refractivity contribution in [3.63, 3.8) is 0 Å². The zero-order valence-electron chi connectivity index (χ0n) is 26.1. The first-order valence-corrected chi connectivity index (χ1v) is 15.5. The van der Waals surface area contributed by atoms with E-state index in [0.29, 0.717) is 10.7 Å². The molecule has 2 heterocycles. The second-order valence-electron chi connectivity index (χ2n) is 9.98. The van der Waals surface area contributed by atoms with Gasteiger partial charge in [-0.3, -0.25) is 9.59 Å². The van der Waals surface area contributed by atoms with Crippen molar-refractivity contribution in [3.05, 3.63) is 59.2 Å². The molecule has 9 heteroatoms. The van der Waals surface area contributed by atoms with E-state index < -0.39 is 6.04 Å². The number of aliphatic hydroxyl groups excluding tert-OH is 1. The molecule has 0 spiro atoms. The Balaban J connectivity index is 0.000000547. The lowest BCUT2D eigenvalue weighted by Gasteiger charge is -2.16. The standard InChI is InChI=1S/C20H22N4O3S.C10H22O.C2H6/c1-13-5-4-6-14(9-13)17-12-28-20(22-17)23-19(26)16(11-27-3)21-18(25)15-7-8-24(2)10-15;1-4-6-10(11)8-7-9(3)5-2;1-2/h4-10,12,16H,11H2,1-3H3,(H,21,25)(H,22,23,26);9-11H,4-8H2,1-3H3;1-2H3. The summed E-state index contributed by atoms with van der Waals surface area (Å²) in [6.45, 7) is 12.6. The van der Waals surface area contributed by atoms with Crippen molar-refractivity contribution in [1.82, 2.24) is 14.9 Å². The quantitative estimate of drug-likeness (QED) is 0.203. The number of carbonyl (C=O) groups excluding carboxylic acids is 2. The SMILES string of the molecule is CC.CCCC(O)CCC(C)CC.COCC(NC(=O)c1ccn(C)c1)C(=O)Nc1nc(-c2cccc(C)c2)cs1. The highest BCUT2D eigenvalue weighted by atomic mass is 32.1. The number of aryl methyl sites for hydroxylation is 2. The third-order valence-corrected chi connectivity index (χ3v) is 7.17. The number of aliphatic hydroxyl groups is 1. The average Bonchev–Trinajstić information content (AvgIpc) is 3.62. The lowest BCUT2D eigenvalue weighted by molar-refractivity contribution is -0.119. The molecule has 3 rings (SSSR count). The summed E-state index contributed by atoms with van der Waals surface area (Å²) in [5.41, 5.74) is 3.40. The Bertz CT molecular complexity index is 1160. The summed E-state index contributed by atoms with van der Waals surface area (Å²) in [5.74, 6) is 0.0650. The summed E-state index contributed by atoms with van der Waals surface area (Å²) in [7, 11) is 3.30. The van der Waals surface area contributed by atoms with E-state index in [1.165, 1.54) is 31.3 Å². The fourth-order valence-corrected chi connectivity index (χ4v) is 4.57. The number of nitrogens with zero attached hydrogens (tertiary/aromatic N) is 2. The Labute approximate surface area is 250 Å². The highest BCUT2D eigenvalue weighted by molar-refractivity contribution is 7.14. The van der Waals surface area contributed by atoms with E-state index in [1.807, 2.05) is 57.5 Å². The summed E-state index contributed by atoms with van der Waals surface area (Å²) in [6.07, 6.45) is 8.88. The van der Waals surface area contributed by atoms with Crippen molar-refractivity contribution in [2.45, 2.75) is 85.8 Å². The number of anilines is 1. The predicted molar refractivity (Wildman–Crippen MR) is 170 cm³/mol. The monoisotopic (exact) mass is 586 g/mol. The van der Waals surface area contributed by atoms with E-state index in [-0.39, 0.29) is 24.5 Å². The number of hydrogen-bond acceptors (Lipinski definition) is 6. The summed E-state index contributed by atoms with van der Waals surface area (Å²) in [4.78, 5) is 29.5. The first-order chi connectivity index (χ1) is 19.7. The summed E-state index contributed by atoms with van der Waals surface area (Å²) in [5, 5.41) is 17.2. The smallest absolute Gasteiger partial charge is 0.253 e. The molecular weight excluding hydrogens is 536 g/mol. The van der Waals surface area contributed by atoms with Gasteiger partial charge in [0, 0.05) is 37.5 Å². The number of thiazole rings is 1. The van der Waals surface area contributed by atoms with Gasteiger partial charge < -0.3 is 25.0 Å². The minimum absolute atomic E-state index is 0.0472. The topological polar surface area (TPSA) is 105 Å². The molecule has 3 aromatic rings. The van der Waals surface area contributed by atoms with Crippen molar-refractivity contribution < 1.29 is 19.4 Å². The van der Waals surface area contributed by atoms with Crippen molar-refractivity contribution in [2.24, 2.45) is 13.0 Å². The van der Waals surface area contributed by atoms with Gasteiger partial charge in [-0.05, 0) is 44.2 Å². The molecule has 228 valence electrons. The number of rotatable bonds is 13. The van der Waals surface area contributed by atoms with Gasteiger partial charge in [0.2, 0.25) is 0 Å². The number of methoxy groups -OCH3 is 1. The van der Waals surface area contributed by atoms with Gasteiger partial charge in [0.25, 0.3) is 11.8 Å². The summed E-state index contributed by atoms with van der Waals surface area (Å²) in [6, 6.07) is 8.85. The summed E-state index contributed by atoms with van der Waals surface area (Å²) < 4.78 is 6.86. The maximum atomic E-state index is 12.6. The van der Waals surface area contributed by atoms with Crippen LogP contribution in [0.3, 0.4) is 0 Å². The number of ether oxygens (including phenoxy) is 1. The average molecular weight is 587 g/mol. The number of amides is 2. The third kappa shape index (κ3) is 13.5. The number of aromatic nitrogens is 2. The largest absolute Gasteiger partial charge is 0.393 e. The molecule has 0 saturated carbocycles. The van der Waals surface area contributed by atoms with Gasteiger partial charge in [0.1, 0.15) is 6.04 Å². The molecule has 0 fully saturated rings. The molecule has 0 saturated heterocycles. The molecule has 0 aliphatic carbocycles. The lowest BCUT2D eigenvalue weighted by atomic mass is 9.99. The molecule has 0 aliphatic rings. The Morgan fingerprint density at radius 1 is 1.15 bits per heavy atom. The highest BCUT2D eigenvalue weighted by Crippen LogP contribution is 2.25. The minimum Gasteiger partial charge on any atom is -0.393 e. The van der Waals surface area contributed by atoms with E-state index in [0.717, 1.165) is 42.0 Å². The zero-order valence-corrected chi connectivity index (χ0v) is 26.9. The van der Waals surface area contributed by atoms with Crippen LogP contribution in [0.15, 0.2) is 48.1 Å². The van der Waals surface area contributed by atoms with Gasteiger partial charge in [0.15, 0.2) is 5.13 Å². The fraction of sp³-hybridized carbons (Fsp3) is 0.531. The van der Waals surface area contributed by atoms with Crippen LogP contribution < -0.4 is 10.6 Å². The van der Waals surface area contributed by atoms with Crippen molar-refractivity contribution >= 4 is 28.3 Å². The number of benzene rings is 1. The molecule has 0 aliphatic heterocycles. The van der Waals surface area contributed by atoms with E-state index in [1.54, 1.807) is 23.0 Å². The fourth-order valence-electron chi connectivity index (χ4n) is 3.85. The molecule has 2 amide bonds. The van der Waals surface area contributed by atoms with Crippen LogP contribution >= 0.6 is 11.3 Å². The normalized spacial score (nSPS) is 12.6. The first-order valence-electron chi connectivity index (χ1n) is 14.6. The highest BCUT2D eigenvalue weighted by Gasteiger charge is 2.23. The molecule has 8 nitrogen and oxygen atoms in total. The van der Waals surface area contributed by atoms with E-state index in [2.05, 4.69) is 36.4 Å². The van der Waals surface area contributed by atoms with Gasteiger partial charge in [-0.15, -0.1) is 11.3 Å². The summed E-state index contributed by atoms with van der Waals surface area (Å²) >= 11 is 1.33. The lowest BCUT2D eigenvalue weighted by Crippen LogP contribution is -2.46. The van der Waals surface area contributed by atoms with Gasteiger partial charge >= 0.3 is 0 Å². The van der Waals surface area contributed by atoms with Crippen LogP contribution in [0.25, 0.3) is 11.3 Å². The van der Waals surface area contributed by atoms with Crippen molar-refractivity contribution in [2.75, 3.05) is 19.0 Å². The Kier molecular flexibility index (Phi) is 17.5. The van der Waals surface area contributed by atoms with Gasteiger partial charge in [-0.1, -0.05) is 71.2 Å². The van der Waals surface area contributed by atoms with Crippen molar-refractivity contribution in [3.8, 4) is 11.3 Å².